The molecule has 1 heterocycles. The average molecular weight is 144 g/mol. The molecule has 1 aliphatic rings. The standard InChI is InChI=1S/C7H12O3/c1-2-9-7-5-3-4-6(8)10-7/h3,5-8H,2,4H2,1H3. The van der Waals surface area contributed by atoms with Crippen molar-refractivity contribution in [3.63, 3.8) is 0 Å². The zero-order valence-electron chi connectivity index (χ0n) is 5.99. The Bertz CT molecular complexity index is 122. The fourth-order valence-electron chi connectivity index (χ4n) is 0.821. The smallest absolute Gasteiger partial charge is 0.179 e. The highest BCUT2D eigenvalue weighted by Gasteiger charge is 2.14. The van der Waals surface area contributed by atoms with Gasteiger partial charge in [0.2, 0.25) is 0 Å². The lowest BCUT2D eigenvalue weighted by atomic mass is 10.3. The van der Waals surface area contributed by atoms with Crippen LogP contribution in [0.2, 0.25) is 0 Å². The van der Waals surface area contributed by atoms with E-state index in [1.807, 2.05) is 13.0 Å². The van der Waals surface area contributed by atoms with Crippen molar-refractivity contribution in [2.75, 3.05) is 6.61 Å². The molecule has 0 aliphatic carbocycles. The van der Waals surface area contributed by atoms with Gasteiger partial charge in [0.25, 0.3) is 0 Å². The first-order chi connectivity index (χ1) is 4.83. The van der Waals surface area contributed by atoms with E-state index in [2.05, 4.69) is 0 Å². The first kappa shape index (κ1) is 7.72. The highest BCUT2D eigenvalue weighted by molar-refractivity contribution is 4.89. The Morgan fingerprint density at radius 3 is 3.20 bits per heavy atom. The molecule has 2 unspecified atom stereocenters. The third-order valence-electron chi connectivity index (χ3n) is 1.25. The molecule has 10 heavy (non-hydrogen) atoms. The summed E-state index contributed by atoms with van der Waals surface area (Å²) in [7, 11) is 0. The van der Waals surface area contributed by atoms with Gasteiger partial charge >= 0.3 is 0 Å². The topological polar surface area (TPSA) is 38.7 Å². The summed E-state index contributed by atoms with van der Waals surface area (Å²) in [6.45, 7) is 2.49. The molecule has 0 bridgehead atoms. The van der Waals surface area contributed by atoms with Gasteiger partial charge in [-0.05, 0) is 13.0 Å². The molecule has 2 atom stereocenters. The normalized spacial score (nSPS) is 32.6. The van der Waals surface area contributed by atoms with Crippen LogP contribution in [-0.2, 0) is 9.47 Å². The molecule has 0 aromatic heterocycles. The minimum atomic E-state index is -0.693. The molecule has 0 aromatic rings. The van der Waals surface area contributed by atoms with Gasteiger partial charge in [-0.3, -0.25) is 0 Å². The van der Waals surface area contributed by atoms with Gasteiger partial charge in [-0.2, -0.15) is 0 Å². The molecule has 0 aromatic carbocycles. The maximum absolute atomic E-state index is 8.95. The van der Waals surface area contributed by atoms with Crippen molar-refractivity contribution in [3.05, 3.63) is 12.2 Å². The second-order valence-corrected chi connectivity index (χ2v) is 2.08. The van der Waals surface area contributed by atoms with Gasteiger partial charge in [-0.1, -0.05) is 6.08 Å². The van der Waals surface area contributed by atoms with Crippen LogP contribution in [0.4, 0.5) is 0 Å². The molecule has 1 rings (SSSR count). The highest BCUT2D eigenvalue weighted by Crippen LogP contribution is 2.10. The molecule has 3 nitrogen and oxygen atoms in total. The summed E-state index contributed by atoms with van der Waals surface area (Å²) < 4.78 is 10.1. The van der Waals surface area contributed by atoms with E-state index in [4.69, 9.17) is 14.6 Å². The van der Waals surface area contributed by atoms with Crippen LogP contribution in [0.1, 0.15) is 13.3 Å². The third kappa shape index (κ3) is 2.10. The number of rotatable bonds is 2. The Morgan fingerprint density at radius 1 is 1.80 bits per heavy atom. The molecule has 58 valence electrons. The molecule has 3 heteroatoms. The Balaban J connectivity index is 2.32. The number of ether oxygens (including phenoxy) is 2. The van der Waals surface area contributed by atoms with Crippen LogP contribution in [0.25, 0.3) is 0 Å². The van der Waals surface area contributed by atoms with Crippen molar-refractivity contribution in [1.82, 2.24) is 0 Å². The molecular formula is C7H12O3. The quantitative estimate of drug-likeness (QED) is 0.578. The number of hydrogen-bond acceptors (Lipinski definition) is 3. The van der Waals surface area contributed by atoms with Crippen molar-refractivity contribution in [3.8, 4) is 0 Å². The summed E-state index contributed by atoms with van der Waals surface area (Å²) in [6.07, 6.45) is 3.17. The Kier molecular flexibility index (Phi) is 2.86. The second-order valence-electron chi connectivity index (χ2n) is 2.08. The molecule has 0 radical (unpaired) electrons. The van der Waals surface area contributed by atoms with Crippen LogP contribution in [0, 0.1) is 0 Å². The van der Waals surface area contributed by atoms with E-state index in [0.29, 0.717) is 13.0 Å². The lowest BCUT2D eigenvalue weighted by Crippen LogP contribution is -2.25. The summed E-state index contributed by atoms with van der Waals surface area (Å²) in [5.74, 6) is 0. The monoisotopic (exact) mass is 144 g/mol. The Labute approximate surface area is 60.3 Å². The Morgan fingerprint density at radius 2 is 2.60 bits per heavy atom. The van der Waals surface area contributed by atoms with Crippen molar-refractivity contribution >= 4 is 0 Å². The summed E-state index contributed by atoms with van der Waals surface area (Å²) in [6, 6.07) is 0. The molecule has 0 saturated carbocycles. The molecule has 0 spiro atoms. The van der Waals surface area contributed by atoms with Crippen molar-refractivity contribution in [2.24, 2.45) is 0 Å². The first-order valence-corrected chi connectivity index (χ1v) is 3.44. The zero-order valence-corrected chi connectivity index (χ0v) is 5.99. The van der Waals surface area contributed by atoms with Gasteiger partial charge in [0.05, 0.1) is 0 Å². The van der Waals surface area contributed by atoms with E-state index in [1.165, 1.54) is 0 Å². The second kappa shape index (κ2) is 3.71. The van der Waals surface area contributed by atoms with Gasteiger partial charge in [0, 0.05) is 13.0 Å². The minimum absolute atomic E-state index is 0.353. The van der Waals surface area contributed by atoms with Gasteiger partial charge in [-0.25, -0.2) is 0 Å². The first-order valence-electron chi connectivity index (χ1n) is 3.44. The molecule has 0 fully saturated rings. The molecule has 0 saturated heterocycles. The molecule has 0 amide bonds. The molecular weight excluding hydrogens is 132 g/mol. The fraction of sp³-hybridized carbons (Fsp3) is 0.714. The number of aliphatic hydroxyl groups is 1. The summed E-state index contributed by atoms with van der Waals surface area (Å²) >= 11 is 0. The SMILES string of the molecule is CCOC1C=CCC(O)O1. The van der Waals surface area contributed by atoms with E-state index in [0.717, 1.165) is 0 Å². The van der Waals surface area contributed by atoms with Gasteiger partial charge in [-0.15, -0.1) is 0 Å². The van der Waals surface area contributed by atoms with E-state index in [1.54, 1.807) is 6.08 Å². The van der Waals surface area contributed by atoms with Crippen molar-refractivity contribution in [2.45, 2.75) is 25.9 Å². The summed E-state index contributed by atoms with van der Waals surface area (Å²) in [5, 5.41) is 8.95. The maximum atomic E-state index is 8.95. The predicted octanol–water partition coefficient (Wildman–Crippen LogP) is 0.644. The van der Waals surface area contributed by atoms with Crippen LogP contribution >= 0.6 is 0 Å². The zero-order chi connectivity index (χ0) is 7.40. The summed E-state index contributed by atoms with van der Waals surface area (Å²) in [4.78, 5) is 0. The van der Waals surface area contributed by atoms with Crippen LogP contribution < -0.4 is 0 Å². The van der Waals surface area contributed by atoms with Gasteiger partial charge in [0.1, 0.15) is 0 Å². The van der Waals surface area contributed by atoms with E-state index in [-0.39, 0.29) is 6.29 Å². The van der Waals surface area contributed by atoms with Crippen LogP contribution in [0.15, 0.2) is 12.2 Å². The van der Waals surface area contributed by atoms with E-state index < -0.39 is 6.29 Å². The predicted molar refractivity (Wildman–Crippen MR) is 36.3 cm³/mol. The number of hydrogen-bond donors (Lipinski definition) is 1. The highest BCUT2D eigenvalue weighted by atomic mass is 16.7. The van der Waals surface area contributed by atoms with E-state index in [9.17, 15) is 0 Å². The van der Waals surface area contributed by atoms with Gasteiger partial charge in [0.15, 0.2) is 12.6 Å². The van der Waals surface area contributed by atoms with Crippen molar-refractivity contribution in [1.29, 1.82) is 0 Å². The van der Waals surface area contributed by atoms with E-state index >= 15 is 0 Å². The molecule has 1 aliphatic heterocycles. The van der Waals surface area contributed by atoms with Crippen LogP contribution in [0.5, 0.6) is 0 Å². The lowest BCUT2D eigenvalue weighted by molar-refractivity contribution is -0.210. The lowest BCUT2D eigenvalue weighted by Gasteiger charge is -2.21. The maximum Gasteiger partial charge on any atom is 0.179 e. The summed E-state index contributed by atoms with van der Waals surface area (Å²) in [5.41, 5.74) is 0. The number of aliphatic hydroxyl groups excluding tert-OH is 1. The van der Waals surface area contributed by atoms with Crippen molar-refractivity contribution < 1.29 is 14.6 Å². The fourth-order valence-corrected chi connectivity index (χ4v) is 0.821. The van der Waals surface area contributed by atoms with Gasteiger partial charge < -0.3 is 14.6 Å². The minimum Gasteiger partial charge on any atom is -0.368 e. The molecule has 1 N–H and O–H groups in total. The average Bonchev–Trinajstić information content (AvgIpc) is 1.88. The largest absolute Gasteiger partial charge is 0.368 e. The Hall–Kier alpha value is -0.380. The van der Waals surface area contributed by atoms with Crippen LogP contribution in [0.3, 0.4) is 0 Å². The van der Waals surface area contributed by atoms with Crippen LogP contribution in [-0.4, -0.2) is 24.3 Å². The third-order valence-corrected chi connectivity index (χ3v) is 1.25.